The van der Waals surface area contributed by atoms with Gasteiger partial charge in [0.1, 0.15) is 6.07 Å². The summed E-state index contributed by atoms with van der Waals surface area (Å²) < 4.78 is 1.97. The Morgan fingerprint density at radius 2 is 2.06 bits per heavy atom. The van der Waals surface area contributed by atoms with Crippen molar-refractivity contribution in [1.29, 1.82) is 5.26 Å². The van der Waals surface area contributed by atoms with Crippen LogP contribution >= 0.6 is 11.6 Å². The molecule has 0 amide bonds. The molecule has 0 bridgehead atoms. The molecule has 4 heteroatoms. The van der Waals surface area contributed by atoms with Gasteiger partial charge in [0.05, 0.1) is 22.2 Å². The summed E-state index contributed by atoms with van der Waals surface area (Å²) in [7, 11) is 0. The van der Waals surface area contributed by atoms with E-state index in [2.05, 4.69) is 6.07 Å². The lowest BCUT2D eigenvalue weighted by molar-refractivity contribution is 0.0322. The molecule has 0 unspecified atom stereocenters. The Morgan fingerprint density at radius 3 is 2.61 bits per heavy atom. The molecule has 0 aliphatic carbocycles. The summed E-state index contributed by atoms with van der Waals surface area (Å²) in [5, 5.41) is 20.3. The molecule has 94 valence electrons. The first-order valence-corrected chi connectivity index (χ1v) is 6.15. The van der Waals surface area contributed by atoms with Crippen molar-refractivity contribution in [2.24, 2.45) is 0 Å². The molecule has 1 aromatic heterocycles. The van der Waals surface area contributed by atoms with Gasteiger partial charge in [0.15, 0.2) is 0 Å². The number of nitriles is 1. The second kappa shape index (κ2) is 4.31. The van der Waals surface area contributed by atoms with Gasteiger partial charge in [-0.05, 0) is 39.0 Å². The molecule has 1 aromatic carbocycles. The molecule has 2 rings (SSSR count). The first kappa shape index (κ1) is 12.9. The SMILES string of the molecule is C[C@@H](n1ccc2c(Cl)c(C#N)ccc21)C(C)(C)O. The molecule has 0 aliphatic heterocycles. The number of rotatable bonds is 2. The summed E-state index contributed by atoms with van der Waals surface area (Å²) in [5.74, 6) is 0. The molecule has 0 radical (unpaired) electrons. The zero-order valence-electron chi connectivity index (χ0n) is 10.6. The summed E-state index contributed by atoms with van der Waals surface area (Å²) >= 11 is 6.18. The average molecular weight is 263 g/mol. The van der Waals surface area contributed by atoms with E-state index < -0.39 is 5.60 Å². The van der Waals surface area contributed by atoms with Crippen LogP contribution in [0.2, 0.25) is 5.02 Å². The summed E-state index contributed by atoms with van der Waals surface area (Å²) in [6.07, 6.45) is 1.89. The number of fused-ring (bicyclic) bond motifs is 1. The molecule has 18 heavy (non-hydrogen) atoms. The minimum atomic E-state index is -0.827. The van der Waals surface area contributed by atoms with Gasteiger partial charge < -0.3 is 9.67 Å². The van der Waals surface area contributed by atoms with E-state index >= 15 is 0 Å². The average Bonchev–Trinajstić information content (AvgIpc) is 2.71. The topological polar surface area (TPSA) is 49.0 Å². The summed E-state index contributed by atoms with van der Waals surface area (Å²) in [4.78, 5) is 0. The van der Waals surface area contributed by atoms with Crippen LogP contribution in [0.4, 0.5) is 0 Å². The molecule has 1 N–H and O–H groups in total. The van der Waals surface area contributed by atoms with Crippen molar-refractivity contribution < 1.29 is 5.11 Å². The van der Waals surface area contributed by atoms with Gasteiger partial charge in [-0.1, -0.05) is 11.6 Å². The highest BCUT2D eigenvalue weighted by atomic mass is 35.5. The highest BCUT2D eigenvalue weighted by Gasteiger charge is 2.25. The Kier molecular flexibility index (Phi) is 3.10. The van der Waals surface area contributed by atoms with Crippen LogP contribution in [0.3, 0.4) is 0 Å². The van der Waals surface area contributed by atoms with Crippen LogP contribution in [0, 0.1) is 11.3 Å². The zero-order chi connectivity index (χ0) is 13.5. The van der Waals surface area contributed by atoms with Crippen molar-refractivity contribution in [3.05, 3.63) is 35.0 Å². The van der Waals surface area contributed by atoms with E-state index in [-0.39, 0.29) is 6.04 Å². The number of hydrogen-bond acceptors (Lipinski definition) is 2. The second-order valence-corrected chi connectivity index (χ2v) is 5.40. The van der Waals surface area contributed by atoms with E-state index in [1.165, 1.54) is 0 Å². The van der Waals surface area contributed by atoms with Crippen LogP contribution in [-0.4, -0.2) is 15.3 Å². The number of halogens is 1. The summed E-state index contributed by atoms with van der Waals surface area (Å²) in [5.41, 5.74) is 0.568. The monoisotopic (exact) mass is 262 g/mol. The van der Waals surface area contributed by atoms with Gasteiger partial charge in [-0.2, -0.15) is 5.26 Å². The highest BCUT2D eigenvalue weighted by molar-refractivity contribution is 6.36. The van der Waals surface area contributed by atoms with Crippen LogP contribution in [0.5, 0.6) is 0 Å². The molecular formula is C14H15ClN2O. The Morgan fingerprint density at radius 1 is 1.39 bits per heavy atom. The van der Waals surface area contributed by atoms with Crippen molar-refractivity contribution in [1.82, 2.24) is 4.57 Å². The predicted molar refractivity (Wildman–Crippen MR) is 72.7 cm³/mol. The highest BCUT2D eigenvalue weighted by Crippen LogP contribution is 2.32. The Labute approximate surface area is 111 Å². The van der Waals surface area contributed by atoms with Crippen molar-refractivity contribution >= 4 is 22.5 Å². The molecule has 1 atom stereocenters. The van der Waals surface area contributed by atoms with Crippen LogP contribution < -0.4 is 0 Å². The van der Waals surface area contributed by atoms with E-state index in [0.29, 0.717) is 10.6 Å². The lowest BCUT2D eigenvalue weighted by Gasteiger charge is -2.28. The van der Waals surface area contributed by atoms with E-state index in [1.807, 2.05) is 29.8 Å². The molecule has 0 aliphatic rings. The fourth-order valence-electron chi connectivity index (χ4n) is 1.97. The molecule has 0 saturated carbocycles. The smallest absolute Gasteiger partial charge is 0.101 e. The van der Waals surface area contributed by atoms with Crippen LogP contribution in [0.1, 0.15) is 32.4 Å². The molecule has 3 nitrogen and oxygen atoms in total. The largest absolute Gasteiger partial charge is 0.388 e. The Bertz CT molecular complexity index is 632. The predicted octanol–water partition coefficient (Wildman–Crippen LogP) is 3.50. The fraction of sp³-hybridized carbons (Fsp3) is 0.357. The Balaban J connectivity index is 2.64. The van der Waals surface area contributed by atoms with Crippen LogP contribution in [0.25, 0.3) is 10.9 Å². The first-order chi connectivity index (χ1) is 8.36. The lowest BCUT2D eigenvalue weighted by Crippen LogP contribution is -2.30. The molecule has 0 spiro atoms. The van der Waals surface area contributed by atoms with Gasteiger partial charge in [-0.25, -0.2) is 0 Å². The third-order valence-corrected chi connectivity index (χ3v) is 3.80. The maximum Gasteiger partial charge on any atom is 0.101 e. The molecule has 2 aromatic rings. The lowest BCUT2D eigenvalue weighted by atomic mass is 10.0. The van der Waals surface area contributed by atoms with Gasteiger partial charge >= 0.3 is 0 Å². The van der Waals surface area contributed by atoms with Crippen molar-refractivity contribution in [3.63, 3.8) is 0 Å². The minimum absolute atomic E-state index is 0.0843. The number of hydrogen-bond donors (Lipinski definition) is 1. The molecule has 0 saturated heterocycles. The summed E-state index contributed by atoms with van der Waals surface area (Å²) in [6.45, 7) is 5.50. The van der Waals surface area contributed by atoms with Crippen molar-refractivity contribution in [3.8, 4) is 6.07 Å². The van der Waals surface area contributed by atoms with Crippen molar-refractivity contribution in [2.75, 3.05) is 0 Å². The van der Waals surface area contributed by atoms with Gasteiger partial charge in [0.25, 0.3) is 0 Å². The van der Waals surface area contributed by atoms with E-state index in [0.717, 1.165) is 10.9 Å². The van der Waals surface area contributed by atoms with Crippen molar-refractivity contribution in [2.45, 2.75) is 32.4 Å². The first-order valence-electron chi connectivity index (χ1n) is 5.77. The van der Waals surface area contributed by atoms with Gasteiger partial charge in [0, 0.05) is 17.1 Å². The van der Waals surface area contributed by atoms with E-state index in [4.69, 9.17) is 16.9 Å². The number of benzene rings is 1. The number of aromatic nitrogens is 1. The minimum Gasteiger partial charge on any atom is -0.388 e. The van der Waals surface area contributed by atoms with Crippen LogP contribution in [0.15, 0.2) is 24.4 Å². The third-order valence-electron chi connectivity index (χ3n) is 3.40. The molecule has 0 fully saturated rings. The number of aliphatic hydroxyl groups is 1. The normalized spacial score (nSPS) is 13.6. The Hall–Kier alpha value is -1.50. The van der Waals surface area contributed by atoms with E-state index in [1.54, 1.807) is 19.9 Å². The molecule has 1 heterocycles. The summed E-state index contributed by atoms with van der Waals surface area (Å²) in [6, 6.07) is 7.43. The standard InChI is InChI=1S/C14H15ClN2O/c1-9(14(2,3)18)17-7-6-11-12(17)5-4-10(8-16)13(11)15/h4-7,9,18H,1-3H3/t9-/m1/s1. The van der Waals surface area contributed by atoms with E-state index in [9.17, 15) is 5.11 Å². The third kappa shape index (κ3) is 1.98. The van der Waals surface area contributed by atoms with Gasteiger partial charge in [-0.3, -0.25) is 0 Å². The molecular weight excluding hydrogens is 248 g/mol. The number of nitrogens with zero attached hydrogens (tertiary/aromatic N) is 2. The van der Waals surface area contributed by atoms with Gasteiger partial charge in [0.2, 0.25) is 0 Å². The quantitative estimate of drug-likeness (QED) is 0.901. The van der Waals surface area contributed by atoms with Gasteiger partial charge in [-0.15, -0.1) is 0 Å². The maximum atomic E-state index is 10.1. The zero-order valence-corrected chi connectivity index (χ0v) is 11.4. The second-order valence-electron chi connectivity index (χ2n) is 5.02. The fourth-order valence-corrected chi connectivity index (χ4v) is 2.23. The van der Waals surface area contributed by atoms with Crippen LogP contribution in [-0.2, 0) is 0 Å². The maximum absolute atomic E-state index is 10.1.